The van der Waals surface area contributed by atoms with Gasteiger partial charge in [-0.2, -0.15) is 0 Å². The molecular weight excluding hydrogens is 260 g/mol. The third-order valence-corrected chi connectivity index (χ3v) is 5.58. The number of hydrogen-bond donors (Lipinski definition) is 2. The minimum atomic E-state index is -0.158. The number of likely N-dealkylation sites (tertiary alicyclic amines) is 1. The maximum Gasteiger partial charge on any atom is 0.0611 e. The Morgan fingerprint density at radius 1 is 1.14 bits per heavy atom. The zero-order valence-corrected chi connectivity index (χ0v) is 14.6. The SMILES string of the molecule is CC(C)NC(C)(CO)CC(C)N1CCC[C@H]2CCCC[C@H]21. The Kier molecular flexibility index (Phi) is 6.10. The van der Waals surface area contributed by atoms with Crippen molar-refractivity contribution in [1.82, 2.24) is 10.2 Å². The van der Waals surface area contributed by atoms with Crippen LogP contribution in [0.25, 0.3) is 0 Å². The Labute approximate surface area is 131 Å². The zero-order chi connectivity index (χ0) is 15.5. The highest BCUT2D eigenvalue weighted by atomic mass is 16.3. The molecule has 4 atom stereocenters. The first-order valence-electron chi connectivity index (χ1n) is 9.09. The summed E-state index contributed by atoms with van der Waals surface area (Å²) in [6.07, 6.45) is 9.51. The highest BCUT2D eigenvalue weighted by Gasteiger charge is 2.37. The number of nitrogens with zero attached hydrogens (tertiary/aromatic N) is 1. The van der Waals surface area contributed by atoms with Crippen LogP contribution in [0.15, 0.2) is 0 Å². The van der Waals surface area contributed by atoms with E-state index in [0.29, 0.717) is 12.1 Å². The number of rotatable bonds is 6. The maximum absolute atomic E-state index is 9.83. The van der Waals surface area contributed by atoms with E-state index in [4.69, 9.17) is 0 Å². The van der Waals surface area contributed by atoms with Crippen LogP contribution in [-0.2, 0) is 0 Å². The van der Waals surface area contributed by atoms with Gasteiger partial charge >= 0.3 is 0 Å². The van der Waals surface area contributed by atoms with Gasteiger partial charge in [0.2, 0.25) is 0 Å². The van der Waals surface area contributed by atoms with Crippen LogP contribution in [0, 0.1) is 5.92 Å². The molecule has 0 aromatic heterocycles. The second kappa shape index (κ2) is 7.43. The van der Waals surface area contributed by atoms with Crippen LogP contribution in [0.2, 0.25) is 0 Å². The van der Waals surface area contributed by atoms with Crippen LogP contribution in [0.4, 0.5) is 0 Å². The quantitative estimate of drug-likeness (QED) is 0.790. The van der Waals surface area contributed by atoms with Gasteiger partial charge in [-0.05, 0) is 58.4 Å². The lowest BCUT2D eigenvalue weighted by Gasteiger charge is -2.48. The van der Waals surface area contributed by atoms with E-state index in [0.717, 1.165) is 18.4 Å². The molecule has 2 N–H and O–H groups in total. The summed E-state index contributed by atoms with van der Waals surface area (Å²) in [4.78, 5) is 2.77. The highest BCUT2D eigenvalue weighted by Crippen LogP contribution is 2.37. The van der Waals surface area contributed by atoms with Crippen molar-refractivity contribution in [3.05, 3.63) is 0 Å². The molecule has 2 unspecified atom stereocenters. The fourth-order valence-corrected chi connectivity index (χ4v) is 4.85. The van der Waals surface area contributed by atoms with Crippen molar-refractivity contribution < 1.29 is 5.11 Å². The first-order valence-corrected chi connectivity index (χ1v) is 9.09. The minimum absolute atomic E-state index is 0.158. The molecule has 0 bridgehead atoms. The zero-order valence-electron chi connectivity index (χ0n) is 14.6. The van der Waals surface area contributed by atoms with Gasteiger partial charge in [0, 0.05) is 23.7 Å². The lowest BCUT2D eigenvalue weighted by Crippen LogP contribution is -2.56. The molecular formula is C18H36N2O. The normalized spacial score (nSPS) is 31.7. The van der Waals surface area contributed by atoms with Crippen molar-refractivity contribution in [3.8, 4) is 0 Å². The molecule has 0 spiro atoms. The predicted octanol–water partition coefficient (Wildman–Crippen LogP) is 3.17. The van der Waals surface area contributed by atoms with E-state index in [1.807, 2.05) is 0 Å². The van der Waals surface area contributed by atoms with Gasteiger partial charge in [0.1, 0.15) is 0 Å². The largest absolute Gasteiger partial charge is 0.394 e. The summed E-state index contributed by atoms with van der Waals surface area (Å²) in [5, 5.41) is 13.4. The van der Waals surface area contributed by atoms with Gasteiger partial charge in [-0.3, -0.25) is 4.90 Å². The number of nitrogens with one attached hydrogen (secondary N) is 1. The van der Waals surface area contributed by atoms with Gasteiger partial charge in [-0.15, -0.1) is 0 Å². The summed E-state index contributed by atoms with van der Waals surface area (Å²) < 4.78 is 0. The summed E-state index contributed by atoms with van der Waals surface area (Å²) in [7, 11) is 0. The maximum atomic E-state index is 9.83. The molecule has 0 amide bonds. The molecule has 21 heavy (non-hydrogen) atoms. The van der Waals surface area contributed by atoms with Crippen LogP contribution in [0.1, 0.15) is 72.6 Å². The molecule has 1 aliphatic heterocycles. The van der Waals surface area contributed by atoms with Crippen molar-refractivity contribution in [2.24, 2.45) is 5.92 Å². The second-order valence-corrected chi connectivity index (χ2v) is 8.06. The van der Waals surface area contributed by atoms with Crippen LogP contribution in [-0.4, -0.2) is 46.8 Å². The van der Waals surface area contributed by atoms with Gasteiger partial charge < -0.3 is 10.4 Å². The fourth-order valence-electron chi connectivity index (χ4n) is 4.85. The third kappa shape index (κ3) is 4.43. The van der Waals surface area contributed by atoms with Crippen LogP contribution in [0.3, 0.4) is 0 Å². The first-order chi connectivity index (χ1) is 9.95. The summed E-state index contributed by atoms with van der Waals surface area (Å²) in [5.41, 5.74) is -0.158. The summed E-state index contributed by atoms with van der Waals surface area (Å²) in [6, 6.07) is 1.78. The summed E-state index contributed by atoms with van der Waals surface area (Å²) >= 11 is 0. The Hall–Kier alpha value is -0.120. The Balaban J connectivity index is 1.98. The molecule has 2 aliphatic rings. The van der Waals surface area contributed by atoms with Crippen LogP contribution >= 0.6 is 0 Å². The van der Waals surface area contributed by atoms with Crippen molar-refractivity contribution in [1.29, 1.82) is 0 Å². The smallest absolute Gasteiger partial charge is 0.0611 e. The molecule has 1 saturated carbocycles. The Morgan fingerprint density at radius 2 is 1.81 bits per heavy atom. The van der Waals surface area contributed by atoms with Gasteiger partial charge in [-0.1, -0.05) is 26.7 Å². The van der Waals surface area contributed by atoms with Crippen molar-refractivity contribution in [2.75, 3.05) is 13.2 Å². The second-order valence-electron chi connectivity index (χ2n) is 8.06. The average Bonchev–Trinajstić information content (AvgIpc) is 2.45. The molecule has 3 nitrogen and oxygen atoms in total. The molecule has 0 aromatic carbocycles. The molecule has 0 aromatic rings. The Morgan fingerprint density at radius 3 is 2.48 bits per heavy atom. The van der Waals surface area contributed by atoms with Crippen LogP contribution < -0.4 is 5.32 Å². The first kappa shape index (κ1) is 17.2. The highest BCUT2D eigenvalue weighted by molar-refractivity contribution is 4.94. The van der Waals surface area contributed by atoms with Crippen molar-refractivity contribution in [2.45, 2.75) is 96.3 Å². The number of aliphatic hydroxyl groups is 1. The van der Waals surface area contributed by atoms with E-state index in [9.17, 15) is 5.11 Å². The van der Waals surface area contributed by atoms with Gasteiger partial charge in [0.25, 0.3) is 0 Å². The molecule has 0 radical (unpaired) electrons. The third-order valence-electron chi connectivity index (χ3n) is 5.58. The van der Waals surface area contributed by atoms with Gasteiger partial charge in [0.15, 0.2) is 0 Å². The van der Waals surface area contributed by atoms with Gasteiger partial charge in [-0.25, -0.2) is 0 Å². The molecule has 2 rings (SSSR count). The standard InChI is InChI=1S/C18H36N2O/c1-14(2)19-18(4,13-21)12-15(3)20-11-7-9-16-8-5-6-10-17(16)20/h14-17,19,21H,5-13H2,1-4H3/t15?,16-,17-,18?/m1/s1. The number of piperidine rings is 1. The number of fused-ring (bicyclic) bond motifs is 1. The van der Waals surface area contributed by atoms with E-state index >= 15 is 0 Å². The number of hydrogen-bond acceptors (Lipinski definition) is 3. The topological polar surface area (TPSA) is 35.5 Å². The molecule has 3 heteroatoms. The lowest BCUT2D eigenvalue weighted by atomic mass is 9.77. The Bertz CT molecular complexity index is 318. The molecule has 124 valence electrons. The monoisotopic (exact) mass is 296 g/mol. The van der Waals surface area contributed by atoms with E-state index in [1.165, 1.54) is 45.1 Å². The summed E-state index contributed by atoms with van der Waals surface area (Å²) in [6.45, 7) is 10.3. The minimum Gasteiger partial charge on any atom is -0.394 e. The molecule has 1 saturated heterocycles. The van der Waals surface area contributed by atoms with Crippen LogP contribution in [0.5, 0.6) is 0 Å². The van der Waals surface area contributed by atoms with E-state index in [-0.39, 0.29) is 12.1 Å². The fraction of sp³-hybridized carbons (Fsp3) is 1.00. The van der Waals surface area contributed by atoms with Crippen molar-refractivity contribution >= 4 is 0 Å². The van der Waals surface area contributed by atoms with E-state index in [2.05, 4.69) is 37.9 Å². The number of aliphatic hydroxyl groups excluding tert-OH is 1. The lowest BCUT2D eigenvalue weighted by molar-refractivity contribution is 0.0132. The van der Waals surface area contributed by atoms with E-state index < -0.39 is 0 Å². The predicted molar refractivity (Wildman–Crippen MR) is 89.5 cm³/mol. The van der Waals surface area contributed by atoms with Gasteiger partial charge in [0.05, 0.1) is 6.61 Å². The molecule has 2 fully saturated rings. The average molecular weight is 296 g/mol. The van der Waals surface area contributed by atoms with Crippen molar-refractivity contribution in [3.63, 3.8) is 0 Å². The molecule has 1 heterocycles. The van der Waals surface area contributed by atoms with E-state index in [1.54, 1.807) is 0 Å². The molecule has 1 aliphatic carbocycles. The summed E-state index contributed by atoms with van der Waals surface area (Å²) in [5.74, 6) is 0.938.